The van der Waals surface area contributed by atoms with Gasteiger partial charge in [0.1, 0.15) is 17.5 Å². The van der Waals surface area contributed by atoms with Crippen LogP contribution in [-0.4, -0.2) is 52.9 Å². The van der Waals surface area contributed by atoms with Crippen LogP contribution in [-0.2, 0) is 19.1 Å². The quantitative estimate of drug-likeness (QED) is 0.419. The molecule has 0 aromatic rings. The molecule has 6 nitrogen and oxygen atoms in total. The Hall–Kier alpha value is -0.790. The second kappa shape index (κ2) is 4.15. The third-order valence-corrected chi connectivity index (χ3v) is 4.62. The third kappa shape index (κ3) is 1.82. The van der Waals surface area contributed by atoms with Gasteiger partial charge in [0.15, 0.2) is 6.79 Å². The molecule has 0 spiro atoms. The average Bonchev–Trinajstić information content (AvgIpc) is 2.54. The van der Waals surface area contributed by atoms with Gasteiger partial charge >= 0.3 is 5.97 Å². The second-order valence-electron chi connectivity index (χ2n) is 4.66. The minimum Gasteiger partial charge on any atom is -0.437 e. The summed E-state index contributed by atoms with van der Waals surface area (Å²) in [6, 6.07) is -1.08. The lowest BCUT2D eigenvalue weighted by Crippen LogP contribution is -2.68. The molecule has 3 atom stereocenters. The Bertz CT molecular complexity index is 360. The molecule has 2 heterocycles. The predicted molar refractivity (Wildman–Crippen MR) is 62.0 cm³/mol. The number of fused-ring (bicyclic) bond motifs is 1. The molecular weight excluding hydrogens is 244 g/mol. The predicted octanol–water partition coefficient (Wildman–Crippen LogP) is -0.477. The molecule has 1 amide bonds. The third-order valence-electron chi connectivity index (χ3n) is 3.02. The van der Waals surface area contributed by atoms with E-state index < -0.39 is 18.1 Å². The summed E-state index contributed by atoms with van der Waals surface area (Å²) in [7, 11) is 1.44. The Morgan fingerprint density at radius 3 is 2.82 bits per heavy atom. The number of esters is 1. The molecule has 2 aliphatic rings. The summed E-state index contributed by atoms with van der Waals surface area (Å²) in [6.45, 7) is 3.72. The Balaban J connectivity index is 2.14. The van der Waals surface area contributed by atoms with Crippen LogP contribution < -0.4 is 5.73 Å². The van der Waals surface area contributed by atoms with Gasteiger partial charge in [-0.15, -0.1) is 11.8 Å². The number of nitrogens with two attached hydrogens (primary N) is 1. The monoisotopic (exact) mass is 260 g/mol. The fraction of sp³-hybridized carbons (Fsp3) is 0.800. The maximum absolute atomic E-state index is 11.9. The van der Waals surface area contributed by atoms with Gasteiger partial charge in [-0.1, -0.05) is 0 Å². The van der Waals surface area contributed by atoms with Crippen molar-refractivity contribution in [3.63, 3.8) is 0 Å². The summed E-state index contributed by atoms with van der Waals surface area (Å²) in [5.74, 6) is -0.625. The summed E-state index contributed by atoms with van der Waals surface area (Å²) >= 11 is 1.54. The van der Waals surface area contributed by atoms with Crippen molar-refractivity contribution in [3.05, 3.63) is 0 Å². The standard InChI is InChI=1S/C10H16N2O4S/c1-10(2)6(9(14)16-4-15-3)12-7(13)5(11)8(12)17-10/h5-6,8H,4,11H2,1-3H3/t5?,6-,8+/m0/s1. The van der Waals surface area contributed by atoms with Crippen molar-refractivity contribution in [3.8, 4) is 0 Å². The fourth-order valence-corrected chi connectivity index (χ4v) is 3.78. The first-order chi connectivity index (χ1) is 7.90. The van der Waals surface area contributed by atoms with Crippen LogP contribution in [0.15, 0.2) is 0 Å². The Labute approximate surface area is 104 Å². The van der Waals surface area contributed by atoms with Crippen LogP contribution in [0, 0.1) is 0 Å². The molecule has 0 saturated carbocycles. The van der Waals surface area contributed by atoms with E-state index in [1.807, 2.05) is 13.8 Å². The Kier molecular flexibility index (Phi) is 3.09. The largest absolute Gasteiger partial charge is 0.437 e. The van der Waals surface area contributed by atoms with E-state index in [0.717, 1.165) is 0 Å². The maximum Gasteiger partial charge on any atom is 0.332 e. The highest BCUT2D eigenvalue weighted by atomic mass is 32.2. The van der Waals surface area contributed by atoms with Crippen molar-refractivity contribution >= 4 is 23.6 Å². The summed E-state index contributed by atoms with van der Waals surface area (Å²) in [5.41, 5.74) is 5.70. The molecule has 0 aromatic carbocycles. The van der Waals surface area contributed by atoms with Gasteiger partial charge in [0.05, 0.1) is 0 Å². The van der Waals surface area contributed by atoms with Crippen LogP contribution in [0.2, 0.25) is 0 Å². The molecule has 0 bridgehead atoms. The molecule has 0 radical (unpaired) electrons. The number of hydrogen-bond acceptors (Lipinski definition) is 6. The number of nitrogens with zero attached hydrogens (tertiary/aromatic N) is 1. The van der Waals surface area contributed by atoms with E-state index in [9.17, 15) is 9.59 Å². The normalized spacial score (nSPS) is 34.2. The smallest absolute Gasteiger partial charge is 0.332 e. The minimum absolute atomic E-state index is 0.102. The second-order valence-corrected chi connectivity index (χ2v) is 6.43. The number of hydrogen-bond donors (Lipinski definition) is 1. The van der Waals surface area contributed by atoms with Crippen molar-refractivity contribution in [2.45, 2.75) is 36.1 Å². The molecule has 7 heteroatoms. The van der Waals surface area contributed by atoms with Crippen molar-refractivity contribution in [2.75, 3.05) is 13.9 Å². The fourth-order valence-electron chi connectivity index (χ4n) is 2.22. The maximum atomic E-state index is 11.9. The number of rotatable bonds is 3. The molecule has 96 valence electrons. The van der Waals surface area contributed by atoms with Gasteiger partial charge < -0.3 is 20.1 Å². The molecular formula is C10H16N2O4S. The molecule has 1 unspecified atom stereocenters. The lowest BCUT2D eigenvalue weighted by molar-refractivity contribution is -0.169. The van der Waals surface area contributed by atoms with E-state index in [1.165, 1.54) is 23.8 Å². The highest BCUT2D eigenvalue weighted by molar-refractivity contribution is 8.01. The minimum atomic E-state index is -0.583. The lowest BCUT2D eigenvalue weighted by Gasteiger charge is -2.41. The Morgan fingerprint density at radius 1 is 1.59 bits per heavy atom. The zero-order valence-corrected chi connectivity index (χ0v) is 10.8. The number of amides is 1. The van der Waals surface area contributed by atoms with Gasteiger partial charge in [0, 0.05) is 11.9 Å². The van der Waals surface area contributed by atoms with Gasteiger partial charge in [0.25, 0.3) is 0 Å². The number of methoxy groups -OCH3 is 1. The molecule has 0 aromatic heterocycles. The van der Waals surface area contributed by atoms with Crippen molar-refractivity contribution in [1.29, 1.82) is 0 Å². The van der Waals surface area contributed by atoms with E-state index in [0.29, 0.717) is 0 Å². The van der Waals surface area contributed by atoms with Gasteiger partial charge in [-0.05, 0) is 13.8 Å². The highest BCUT2D eigenvalue weighted by Crippen LogP contribution is 2.50. The van der Waals surface area contributed by atoms with Crippen LogP contribution in [0.25, 0.3) is 0 Å². The summed E-state index contributed by atoms with van der Waals surface area (Å²) in [6.07, 6.45) is 0. The zero-order valence-electron chi connectivity index (χ0n) is 10.0. The zero-order chi connectivity index (χ0) is 12.8. The van der Waals surface area contributed by atoms with E-state index >= 15 is 0 Å². The summed E-state index contributed by atoms with van der Waals surface area (Å²) < 4.78 is 9.24. The van der Waals surface area contributed by atoms with Gasteiger partial charge in [-0.3, -0.25) is 4.79 Å². The van der Waals surface area contributed by atoms with Gasteiger partial charge in [0.2, 0.25) is 5.91 Å². The first-order valence-electron chi connectivity index (χ1n) is 5.31. The molecule has 2 saturated heterocycles. The van der Waals surface area contributed by atoms with Crippen molar-refractivity contribution in [2.24, 2.45) is 5.73 Å². The van der Waals surface area contributed by atoms with E-state index in [4.69, 9.17) is 15.2 Å². The number of ether oxygens (including phenoxy) is 2. The molecule has 0 aliphatic carbocycles. The molecule has 2 N–H and O–H groups in total. The first-order valence-corrected chi connectivity index (χ1v) is 6.19. The van der Waals surface area contributed by atoms with Gasteiger partial charge in [-0.2, -0.15) is 0 Å². The molecule has 2 aliphatic heterocycles. The number of carbonyl (C=O) groups is 2. The van der Waals surface area contributed by atoms with E-state index in [-0.39, 0.29) is 22.8 Å². The molecule has 2 fully saturated rings. The lowest BCUT2D eigenvalue weighted by atomic mass is 9.96. The molecule has 2 rings (SSSR count). The number of carbonyl (C=O) groups excluding carboxylic acids is 2. The van der Waals surface area contributed by atoms with Crippen LogP contribution >= 0.6 is 11.8 Å². The first kappa shape index (κ1) is 12.7. The Morgan fingerprint density at radius 2 is 2.24 bits per heavy atom. The van der Waals surface area contributed by atoms with Crippen LogP contribution in [0.4, 0.5) is 0 Å². The summed E-state index contributed by atoms with van der Waals surface area (Å²) in [5, 5.41) is -0.113. The van der Waals surface area contributed by atoms with Crippen LogP contribution in [0.1, 0.15) is 13.8 Å². The van der Waals surface area contributed by atoms with E-state index in [2.05, 4.69) is 0 Å². The van der Waals surface area contributed by atoms with Crippen molar-refractivity contribution < 1.29 is 19.1 Å². The van der Waals surface area contributed by atoms with Crippen molar-refractivity contribution in [1.82, 2.24) is 4.90 Å². The van der Waals surface area contributed by atoms with Crippen LogP contribution in [0.5, 0.6) is 0 Å². The molecule has 17 heavy (non-hydrogen) atoms. The SMILES string of the molecule is COCOC(=O)[C@@H]1N2C(=O)C(N)[C@H]2SC1(C)C. The van der Waals surface area contributed by atoms with E-state index in [1.54, 1.807) is 0 Å². The van der Waals surface area contributed by atoms with Crippen LogP contribution in [0.3, 0.4) is 0 Å². The number of thioether (sulfide) groups is 1. The average molecular weight is 260 g/mol. The topological polar surface area (TPSA) is 81.9 Å². The van der Waals surface area contributed by atoms with Gasteiger partial charge in [-0.25, -0.2) is 4.79 Å². The number of β-lactam (4-membered cyclic amide) rings is 1. The summed E-state index contributed by atoms with van der Waals surface area (Å²) in [4.78, 5) is 25.1. The highest BCUT2D eigenvalue weighted by Gasteiger charge is 2.63.